The molecule has 0 spiro atoms. The van der Waals surface area contributed by atoms with Gasteiger partial charge in [0.2, 0.25) is 5.91 Å². The molecule has 3 rings (SSSR count). The minimum absolute atomic E-state index is 0.0554. The van der Waals surface area contributed by atoms with Crippen LogP contribution in [0.2, 0.25) is 0 Å². The molecule has 0 saturated heterocycles. The second-order valence-electron chi connectivity index (χ2n) is 6.25. The molecule has 128 valence electrons. The summed E-state index contributed by atoms with van der Waals surface area (Å²) in [5.74, 6) is 0.183. The van der Waals surface area contributed by atoms with Crippen molar-refractivity contribution in [2.24, 2.45) is 5.92 Å². The Labute approximate surface area is 147 Å². The Morgan fingerprint density at radius 3 is 2.67 bits per heavy atom. The van der Waals surface area contributed by atoms with Crippen molar-refractivity contribution >= 4 is 28.6 Å². The van der Waals surface area contributed by atoms with E-state index < -0.39 is 0 Å². The quantitative estimate of drug-likeness (QED) is 0.891. The van der Waals surface area contributed by atoms with Crippen molar-refractivity contribution in [3.8, 4) is 0 Å². The smallest absolute Gasteiger partial charge is 0.227 e. The molecular weight excluding hydrogens is 318 g/mol. The fourth-order valence-corrected chi connectivity index (χ4v) is 4.38. The van der Waals surface area contributed by atoms with Crippen LogP contribution >= 0.6 is 11.3 Å². The summed E-state index contributed by atoms with van der Waals surface area (Å²) in [7, 11) is 0. The summed E-state index contributed by atoms with van der Waals surface area (Å²) in [4.78, 5) is 20.7. The van der Waals surface area contributed by atoms with Gasteiger partial charge in [0.25, 0.3) is 0 Å². The fourth-order valence-electron chi connectivity index (χ4n) is 3.32. The standard InChI is InChI=1S/C19H25N3OS/c1-4-22(5-2)16-9-7-15(8-10-16)21-19(23)14-6-11-17-18(12-14)24-13(3)20-17/h7-10,14H,4-6,11-12H2,1-3H3,(H,21,23). The van der Waals surface area contributed by atoms with Gasteiger partial charge in [0, 0.05) is 35.3 Å². The third-order valence-corrected chi connectivity index (χ3v) is 5.72. The zero-order valence-electron chi connectivity index (χ0n) is 14.6. The molecule has 1 aliphatic carbocycles. The average Bonchev–Trinajstić information content (AvgIpc) is 2.96. The number of carbonyl (C=O) groups is 1. The Kier molecular flexibility index (Phi) is 5.19. The van der Waals surface area contributed by atoms with Crippen LogP contribution in [-0.4, -0.2) is 24.0 Å². The van der Waals surface area contributed by atoms with Crippen molar-refractivity contribution in [1.82, 2.24) is 4.98 Å². The van der Waals surface area contributed by atoms with Crippen LogP contribution in [0.3, 0.4) is 0 Å². The van der Waals surface area contributed by atoms with Gasteiger partial charge in [-0.1, -0.05) is 0 Å². The van der Waals surface area contributed by atoms with Gasteiger partial charge in [-0.2, -0.15) is 0 Å². The average molecular weight is 343 g/mol. The molecular formula is C19H25N3OS. The van der Waals surface area contributed by atoms with E-state index in [1.165, 1.54) is 16.3 Å². The zero-order valence-corrected chi connectivity index (χ0v) is 15.4. The van der Waals surface area contributed by atoms with E-state index in [-0.39, 0.29) is 11.8 Å². The summed E-state index contributed by atoms with van der Waals surface area (Å²) in [6.07, 6.45) is 2.63. The number of thiazole rings is 1. The number of nitrogens with zero attached hydrogens (tertiary/aromatic N) is 2. The molecule has 24 heavy (non-hydrogen) atoms. The number of benzene rings is 1. The number of aromatic nitrogens is 1. The van der Waals surface area contributed by atoms with E-state index in [1.807, 2.05) is 19.1 Å². The summed E-state index contributed by atoms with van der Waals surface area (Å²) >= 11 is 1.73. The van der Waals surface area contributed by atoms with E-state index in [9.17, 15) is 4.79 Å². The highest BCUT2D eigenvalue weighted by atomic mass is 32.1. The molecule has 1 atom stereocenters. The van der Waals surface area contributed by atoms with E-state index >= 15 is 0 Å². The molecule has 1 amide bonds. The highest BCUT2D eigenvalue weighted by molar-refractivity contribution is 7.11. The van der Waals surface area contributed by atoms with E-state index in [4.69, 9.17) is 0 Å². The lowest BCUT2D eigenvalue weighted by Crippen LogP contribution is -2.27. The van der Waals surface area contributed by atoms with E-state index in [0.717, 1.165) is 43.0 Å². The Hall–Kier alpha value is -1.88. The van der Waals surface area contributed by atoms with Crippen LogP contribution in [0, 0.1) is 12.8 Å². The number of hydrogen-bond donors (Lipinski definition) is 1. The van der Waals surface area contributed by atoms with Gasteiger partial charge in [-0.25, -0.2) is 4.98 Å². The number of aryl methyl sites for hydroxylation is 2. The van der Waals surface area contributed by atoms with Gasteiger partial charge in [0.15, 0.2) is 0 Å². The summed E-state index contributed by atoms with van der Waals surface area (Å²) in [6.45, 7) is 8.31. The van der Waals surface area contributed by atoms with Gasteiger partial charge in [-0.3, -0.25) is 4.79 Å². The highest BCUT2D eigenvalue weighted by Gasteiger charge is 2.27. The first-order chi connectivity index (χ1) is 11.6. The van der Waals surface area contributed by atoms with Crippen molar-refractivity contribution in [2.75, 3.05) is 23.3 Å². The summed E-state index contributed by atoms with van der Waals surface area (Å²) in [6, 6.07) is 8.15. The predicted molar refractivity (Wildman–Crippen MR) is 101 cm³/mol. The van der Waals surface area contributed by atoms with Crippen LogP contribution in [-0.2, 0) is 17.6 Å². The van der Waals surface area contributed by atoms with Gasteiger partial charge in [-0.15, -0.1) is 11.3 Å². The van der Waals surface area contributed by atoms with E-state index in [1.54, 1.807) is 11.3 Å². The van der Waals surface area contributed by atoms with Crippen molar-refractivity contribution < 1.29 is 4.79 Å². The second-order valence-corrected chi connectivity index (χ2v) is 7.54. The molecule has 0 aliphatic heterocycles. The molecule has 0 radical (unpaired) electrons. The van der Waals surface area contributed by atoms with E-state index in [2.05, 4.69) is 41.2 Å². The third kappa shape index (κ3) is 3.61. The van der Waals surface area contributed by atoms with Gasteiger partial charge in [0.1, 0.15) is 0 Å². The highest BCUT2D eigenvalue weighted by Crippen LogP contribution is 2.30. The number of hydrogen-bond acceptors (Lipinski definition) is 4. The van der Waals surface area contributed by atoms with E-state index in [0.29, 0.717) is 0 Å². The number of rotatable bonds is 5. The summed E-state index contributed by atoms with van der Waals surface area (Å²) in [5.41, 5.74) is 3.27. The molecule has 1 N–H and O–H groups in total. The normalized spacial score (nSPS) is 16.5. The molecule has 1 aromatic heterocycles. The van der Waals surface area contributed by atoms with Gasteiger partial charge in [0.05, 0.1) is 10.7 Å². The maximum Gasteiger partial charge on any atom is 0.227 e. The molecule has 1 unspecified atom stereocenters. The van der Waals surface area contributed by atoms with Crippen molar-refractivity contribution in [1.29, 1.82) is 0 Å². The lowest BCUT2D eigenvalue weighted by molar-refractivity contribution is -0.120. The Balaban J connectivity index is 1.63. The first-order valence-electron chi connectivity index (χ1n) is 8.71. The van der Waals surface area contributed by atoms with Gasteiger partial charge >= 0.3 is 0 Å². The van der Waals surface area contributed by atoms with Gasteiger partial charge in [-0.05, 0) is 64.3 Å². The number of amides is 1. The van der Waals surface area contributed by atoms with Crippen LogP contribution in [0.1, 0.15) is 35.8 Å². The second kappa shape index (κ2) is 7.34. The summed E-state index contributed by atoms with van der Waals surface area (Å²) < 4.78 is 0. The first kappa shape index (κ1) is 17.0. The monoisotopic (exact) mass is 343 g/mol. The minimum atomic E-state index is 0.0554. The SMILES string of the molecule is CCN(CC)c1ccc(NC(=O)C2CCc3nc(C)sc3C2)cc1. The maximum atomic E-state index is 12.6. The molecule has 1 aliphatic rings. The van der Waals surface area contributed by atoms with Crippen LogP contribution in [0.5, 0.6) is 0 Å². The van der Waals surface area contributed by atoms with Crippen molar-refractivity contribution in [3.63, 3.8) is 0 Å². The predicted octanol–water partition coefficient (Wildman–Crippen LogP) is 4.04. The summed E-state index contributed by atoms with van der Waals surface area (Å²) in [5, 5.41) is 4.18. The fraction of sp³-hybridized carbons (Fsp3) is 0.474. The maximum absolute atomic E-state index is 12.6. The van der Waals surface area contributed by atoms with Crippen LogP contribution in [0.15, 0.2) is 24.3 Å². The number of nitrogens with one attached hydrogen (secondary N) is 1. The van der Waals surface area contributed by atoms with Gasteiger partial charge < -0.3 is 10.2 Å². The molecule has 5 heteroatoms. The number of carbonyl (C=O) groups excluding carboxylic acids is 1. The van der Waals surface area contributed by atoms with Crippen molar-refractivity contribution in [3.05, 3.63) is 39.8 Å². The lowest BCUT2D eigenvalue weighted by atomic mass is 9.90. The first-order valence-corrected chi connectivity index (χ1v) is 9.53. The molecule has 0 bridgehead atoms. The molecule has 0 fully saturated rings. The minimum Gasteiger partial charge on any atom is -0.372 e. The zero-order chi connectivity index (χ0) is 17.1. The topological polar surface area (TPSA) is 45.2 Å². The molecule has 1 aromatic carbocycles. The molecule has 0 saturated carbocycles. The largest absolute Gasteiger partial charge is 0.372 e. The lowest BCUT2D eigenvalue weighted by Gasteiger charge is -2.22. The molecule has 4 nitrogen and oxygen atoms in total. The molecule has 2 aromatic rings. The van der Waals surface area contributed by atoms with Crippen LogP contribution < -0.4 is 10.2 Å². The third-order valence-electron chi connectivity index (χ3n) is 4.68. The Bertz CT molecular complexity index is 704. The molecule has 1 heterocycles. The van der Waals surface area contributed by atoms with Crippen LogP contribution in [0.25, 0.3) is 0 Å². The number of anilines is 2. The van der Waals surface area contributed by atoms with Crippen LogP contribution in [0.4, 0.5) is 11.4 Å². The Morgan fingerprint density at radius 1 is 1.29 bits per heavy atom. The Morgan fingerprint density at radius 2 is 2.00 bits per heavy atom. The van der Waals surface area contributed by atoms with Crippen molar-refractivity contribution in [2.45, 2.75) is 40.0 Å². The number of fused-ring (bicyclic) bond motifs is 1.